The van der Waals surface area contributed by atoms with Crippen molar-refractivity contribution < 1.29 is 9.53 Å². The normalized spacial score (nSPS) is 15.3. The molecule has 1 fully saturated rings. The van der Waals surface area contributed by atoms with Gasteiger partial charge in [0.1, 0.15) is 11.6 Å². The minimum Gasteiger partial charge on any atom is -0.497 e. The molecule has 7 nitrogen and oxygen atoms in total. The molecule has 1 aromatic heterocycles. The Labute approximate surface area is 166 Å². The van der Waals surface area contributed by atoms with Gasteiger partial charge in [0.2, 0.25) is 0 Å². The van der Waals surface area contributed by atoms with E-state index in [1.165, 1.54) is 0 Å². The highest BCUT2D eigenvalue weighted by atomic mass is 16.5. The Hall–Kier alpha value is -2.83. The zero-order chi connectivity index (χ0) is 20.1. The van der Waals surface area contributed by atoms with Crippen LogP contribution in [0.4, 0.5) is 10.6 Å². The van der Waals surface area contributed by atoms with E-state index in [0.29, 0.717) is 13.1 Å². The Balaban J connectivity index is 1.58. The first kappa shape index (κ1) is 19.9. The maximum atomic E-state index is 12.8. The van der Waals surface area contributed by atoms with Gasteiger partial charge in [-0.2, -0.15) is 0 Å². The molecular weight excluding hydrogens is 354 g/mol. The lowest BCUT2D eigenvalue weighted by molar-refractivity contribution is 0.189. The quantitative estimate of drug-likeness (QED) is 0.859. The number of aromatic nitrogens is 2. The SMILES string of the molecule is CC[C@H](NC(=O)N1CCN(c2nc(C)cnc2C)CC1)c1ccc(OC)cc1. The van der Waals surface area contributed by atoms with Gasteiger partial charge in [-0.3, -0.25) is 4.98 Å². The Morgan fingerprint density at radius 3 is 2.46 bits per heavy atom. The summed E-state index contributed by atoms with van der Waals surface area (Å²) in [6, 6.07) is 7.83. The number of carbonyl (C=O) groups excluding carboxylic acids is 1. The first-order valence-corrected chi connectivity index (χ1v) is 9.76. The Bertz CT molecular complexity index is 801. The summed E-state index contributed by atoms with van der Waals surface area (Å²) in [4.78, 5) is 25.9. The summed E-state index contributed by atoms with van der Waals surface area (Å²) in [5.41, 5.74) is 2.92. The molecule has 1 saturated heterocycles. The fourth-order valence-corrected chi connectivity index (χ4v) is 3.44. The third-order valence-electron chi connectivity index (χ3n) is 5.14. The Morgan fingerprint density at radius 1 is 1.18 bits per heavy atom. The van der Waals surface area contributed by atoms with Crippen LogP contribution in [0, 0.1) is 13.8 Å². The molecule has 0 saturated carbocycles. The molecule has 28 heavy (non-hydrogen) atoms. The number of carbonyl (C=O) groups is 1. The van der Waals surface area contributed by atoms with Crippen LogP contribution < -0.4 is 15.0 Å². The van der Waals surface area contributed by atoms with Crippen LogP contribution in [0.15, 0.2) is 30.5 Å². The van der Waals surface area contributed by atoms with Crippen molar-refractivity contribution in [2.24, 2.45) is 0 Å². The van der Waals surface area contributed by atoms with Gasteiger partial charge in [-0.05, 0) is 38.0 Å². The van der Waals surface area contributed by atoms with Gasteiger partial charge in [-0.15, -0.1) is 0 Å². The standard InChI is InChI=1S/C21H29N5O2/c1-5-19(17-6-8-18(28-4)9-7-17)24-21(27)26-12-10-25(11-13-26)20-16(3)22-14-15(2)23-20/h6-9,14,19H,5,10-13H2,1-4H3,(H,24,27)/t19-/m0/s1. The molecule has 1 N–H and O–H groups in total. The summed E-state index contributed by atoms with van der Waals surface area (Å²) < 4.78 is 5.21. The minimum absolute atomic E-state index is 0.0127. The number of urea groups is 1. The number of anilines is 1. The number of rotatable bonds is 5. The van der Waals surface area contributed by atoms with Crippen LogP contribution >= 0.6 is 0 Å². The fraction of sp³-hybridized carbons (Fsp3) is 0.476. The molecule has 0 radical (unpaired) electrons. The molecule has 0 aliphatic carbocycles. The van der Waals surface area contributed by atoms with E-state index in [0.717, 1.165) is 48.0 Å². The van der Waals surface area contributed by atoms with Gasteiger partial charge in [-0.1, -0.05) is 19.1 Å². The molecule has 1 atom stereocenters. The molecule has 150 valence electrons. The van der Waals surface area contributed by atoms with Crippen LogP contribution in [-0.4, -0.2) is 54.2 Å². The van der Waals surface area contributed by atoms with Crippen molar-refractivity contribution in [1.29, 1.82) is 0 Å². The summed E-state index contributed by atoms with van der Waals surface area (Å²) in [6.07, 6.45) is 2.61. The molecule has 1 aliphatic heterocycles. The number of ether oxygens (including phenoxy) is 1. The summed E-state index contributed by atoms with van der Waals surface area (Å²) in [7, 11) is 1.65. The van der Waals surface area contributed by atoms with Crippen molar-refractivity contribution in [3.63, 3.8) is 0 Å². The molecule has 0 spiro atoms. The van der Waals surface area contributed by atoms with Gasteiger partial charge in [0, 0.05) is 32.4 Å². The van der Waals surface area contributed by atoms with E-state index >= 15 is 0 Å². The predicted octanol–water partition coefficient (Wildman–Crippen LogP) is 3.08. The van der Waals surface area contributed by atoms with Crippen molar-refractivity contribution in [2.45, 2.75) is 33.2 Å². The first-order chi connectivity index (χ1) is 13.5. The molecule has 3 rings (SSSR count). The number of nitrogens with one attached hydrogen (secondary N) is 1. The molecule has 1 aliphatic rings. The van der Waals surface area contributed by atoms with Crippen molar-refractivity contribution in [3.8, 4) is 5.75 Å². The third-order valence-corrected chi connectivity index (χ3v) is 5.14. The van der Waals surface area contributed by atoms with Crippen LogP contribution in [0.2, 0.25) is 0 Å². The lowest BCUT2D eigenvalue weighted by atomic mass is 10.0. The predicted molar refractivity (Wildman–Crippen MR) is 110 cm³/mol. The van der Waals surface area contributed by atoms with Crippen molar-refractivity contribution >= 4 is 11.8 Å². The number of hydrogen-bond acceptors (Lipinski definition) is 5. The average Bonchev–Trinajstić information content (AvgIpc) is 2.74. The molecular formula is C21H29N5O2. The molecule has 1 aromatic carbocycles. The van der Waals surface area contributed by atoms with E-state index in [2.05, 4.69) is 27.1 Å². The summed E-state index contributed by atoms with van der Waals surface area (Å²) in [6.45, 7) is 8.84. The highest BCUT2D eigenvalue weighted by Crippen LogP contribution is 2.21. The second-order valence-corrected chi connectivity index (χ2v) is 7.08. The van der Waals surface area contributed by atoms with Gasteiger partial charge in [0.05, 0.1) is 24.5 Å². The third kappa shape index (κ3) is 4.52. The number of amides is 2. The van der Waals surface area contributed by atoms with Crippen molar-refractivity contribution in [1.82, 2.24) is 20.2 Å². The zero-order valence-electron chi connectivity index (χ0n) is 17.1. The number of piperazine rings is 1. The van der Waals surface area contributed by atoms with Gasteiger partial charge < -0.3 is 19.9 Å². The van der Waals surface area contributed by atoms with E-state index in [4.69, 9.17) is 4.74 Å². The van der Waals surface area contributed by atoms with Crippen LogP contribution in [0.25, 0.3) is 0 Å². The lowest BCUT2D eigenvalue weighted by Gasteiger charge is -2.36. The van der Waals surface area contributed by atoms with Crippen LogP contribution in [0.5, 0.6) is 5.75 Å². The number of benzene rings is 1. The maximum Gasteiger partial charge on any atom is 0.318 e. The van der Waals surface area contributed by atoms with E-state index < -0.39 is 0 Å². The van der Waals surface area contributed by atoms with Gasteiger partial charge in [-0.25, -0.2) is 9.78 Å². The Morgan fingerprint density at radius 2 is 1.86 bits per heavy atom. The number of aryl methyl sites for hydroxylation is 2. The molecule has 0 bridgehead atoms. The molecule has 2 aromatic rings. The second kappa shape index (κ2) is 8.91. The van der Waals surface area contributed by atoms with Crippen LogP contribution in [0.3, 0.4) is 0 Å². The van der Waals surface area contributed by atoms with Gasteiger partial charge >= 0.3 is 6.03 Å². The summed E-state index contributed by atoms with van der Waals surface area (Å²) in [5, 5.41) is 3.16. The first-order valence-electron chi connectivity index (χ1n) is 9.76. The molecule has 0 unspecified atom stereocenters. The second-order valence-electron chi connectivity index (χ2n) is 7.08. The van der Waals surface area contributed by atoms with Gasteiger partial charge in [0.15, 0.2) is 0 Å². The summed E-state index contributed by atoms with van der Waals surface area (Å²) in [5.74, 6) is 1.74. The maximum absolute atomic E-state index is 12.8. The number of nitrogens with zero attached hydrogens (tertiary/aromatic N) is 4. The Kier molecular flexibility index (Phi) is 6.34. The molecule has 2 amide bonds. The number of hydrogen-bond donors (Lipinski definition) is 1. The smallest absolute Gasteiger partial charge is 0.318 e. The van der Waals surface area contributed by atoms with E-state index in [1.807, 2.05) is 43.0 Å². The van der Waals surface area contributed by atoms with Crippen molar-refractivity contribution in [3.05, 3.63) is 47.4 Å². The number of methoxy groups -OCH3 is 1. The monoisotopic (exact) mass is 383 g/mol. The van der Waals surface area contributed by atoms with E-state index in [1.54, 1.807) is 13.3 Å². The minimum atomic E-state index is -0.0191. The molecule has 2 heterocycles. The summed E-state index contributed by atoms with van der Waals surface area (Å²) >= 11 is 0. The van der Waals surface area contributed by atoms with E-state index in [-0.39, 0.29) is 12.1 Å². The molecule has 7 heteroatoms. The fourth-order valence-electron chi connectivity index (χ4n) is 3.44. The topological polar surface area (TPSA) is 70.6 Å². The van der Waals surface area contributed by atoms with Crippen LogP contribution in [-0.2, 0) is 0 Å². The largest absolute Gasteiger partial charge is 0.497 e. The van der Waals surface area contributed by atoms with Gasteiger partial charge in [0.25, 0.3) is 0 Å². The highest BCUT2D eigenvalue weighted by molar-refractivity contribution is 5.75. The van der Waals surface area contributed by atoms with Crippen molar-refractivity contribution in [2.75, 3.05) is 38.2 Å². The average molecular weight is 383 g/mol. The zero-order valence-corrected chi connectivity index (χ0v) is 17.1. The van der Waals surface area contributed by atoms with Crippen LogP contribution in [0.1, 0.15) is 36.3 Å². The van der Waals surface area contributed by atoms with E-state index in [9.17, 15) is 4.79 Å². The lowest BCUT2D eigenvalue weighted by Crippen LogP contribution is -2.52. The highest BCUT2D eigenvalue weighted by Gasteiger charge is 2.24.